The molecular formula is C12H21N3O3. The van der Waals surface area contributed by atoms with E-state index >= 15 is 0 Å². The molecule has 0 atom stereocenters. The van der Waals surface area contributed by atoms with Gasteiger partial charge in [-0.2, -0.15) is 0 Å². The van der Waals surface area contributed by atoms with Crippen molar-refractivity contribution in [1.29, 1.82) is 0 Å². The molecule has 2 rings (SSSR count). The molecule has 2 amide bonds. The Morgan fingerprint density at radius 3 is 2.83 bits per heavy atom. The Morgan fingerprint density at radius 1 is 1.28 bits per heavy atom. The summed E-state index contributed by atoms with van der Waals surface area (Å²) in [5.41, 5.74) is 0. The standard InChI is InChI=1S/C12H21N3O3/c16-11-3-7-15(8-6-14-11)12(17)9-18-10-1-4-13-5-2-10/h10,13H,1-9H2,(H,14,16). The fraction of sp³-hybridized carbons (Fsp3) is 0.833. The molecule has 0 aromatic heterocycles. The highest BCUT2D eigenvalue weighted by Gasteiger charge is 2.20. The van der Waals surface area contributed by atoms with Crippen molar-refractivity contribution in [2.24, 2.45) is 0 Å². The van der Waals surface area contributed by atoms with Gasteiger partial charge in [0, 0.05) is 26.1 Å². The fourth-order valence-electron chi connectivity index (χ4n) is 2.26. The van der Waals surface area contributed by atoms with E-state index in [4.69, 9.17) is 4.74 Å². The molecule has 2 N–H and O–H groups in total. The molecule has 2 aliphatic rings. The maximum atomic E-state index is 11.9. The van der Waals surface area contributed by atoms with Crippen molar-refractivity contribution in [1.82, 2.24) is 15.5 Å². The van der Waals surface area contributed by atoms with E-state index in [-0.39, 0.29) is 24.5 Å². The predicted octanol–water partition coefficient (Wildman–Crippen LogP) is -0.896. The van der Waals surface area contributed by atoms with Crippen LogP contribution in [0.3, 0.4) is 0 Å². The first-order chi connectivity index (χ1) is 8.75. The summed E-state index contributed by atoms with van der Waals surface area (Å²) in [4.78, 5) is 24.8. The van der Waals surface area contributed by atoms with Crippen molar-refractivity contribution in [2.75, 3.05) is 39.3 Å². The molecule has 0 saturated carbocycles. The average Bonchev–Trinajstić information content (AvgIpc) is 2.62. The zero-order chi connectivity index (χ0) is 12.8. The minimum absolute atomic E-state index is 0.00923. The van der Waals surface area contributed by atoms with E-state index in [1.165, 1.54) is 0 Å². The molecule has 0 aromatic carbocycles. The molecule has 0 aliphatic carbocycles. The third-order valence-corrected chi connectivity index (χ3v) is 3.39. The number of nitrogens with one attached hydrogen (secondary N) is 2. The van der Waals surface area contributed by atoms with Gasteiger partial charge in [-0.3, -0.25) is 9.59 Å². The highest BCUT2D eigenvalue weighted by Crippen LogP contribution is 2.07. The van der Waals surface area contributed by atoms with Gasteiger partial charge in [-0.05, 0) is 25.9 Å². The molecule has 6 nitrogen and oxygen atoms in total. The van der Waals surface area contributed by atoms with Gasteiger partial charge in [0.15, 0.2) is 0 Å². The van der Waals surface area contributed by atoms with Crippen LogP contribution in [-0.2, 0) is 14.3 Å². The molecule has 2 aliphatic heterocycles. The second-order valence-electron chi connectivity index (χ2n) is 4.74. The van der Waals surface area contributed by atoms with Gasteiger partial charge in [0.1, 0.15) is 6.61 Å². The van der Waals surface area contributed by atoms with Gasteiger partial charge in [-0.15, -0.1) is 0 Å². The molecule has 0 bridgehead atoms. The number of carbonyl (C=O) groups is 2. The third kappa shape index (κ3) is 3.96. The summed E-state index contributed by atoms with van der Waals surface area (Å²) < 4.78 is 5.63. The molecule has 2 heterocycles. The van der Waals surface area contributed by atoms with Crippen LogP contribution in [0.4, 0.5) is 0 Å². The quantitative estimate of drug-likeness (QED) is 0.686. The Kier molecular flexibility index (Phi) is 4.95. The monoisotopic (exact) mass is 255 g/mol. The van der Waals surface area contributed by atoms with Crippen molar-refractivity contribution >= 4 is 11.8 Å². The van der Waals surface area contributed by atoms with Crippen molar-refractivity contribution in [3.8, 4) is 0 Å². The van der Waals surface area contributed by atoms with E-state index in [1.54, 1.807) is 4.90 Å². The topological polar surface area (TPSA) is 70.7 Å². The molecule has 18 heavy (non-hydrogen) atoms. The van der Waals surface area contributed by atoms with Gasteiger partial charge in [0.05, 0.1) is 6.10 Å². The molecular weight excluding hydrogens is 234 g/mol. The van der Waals surface area contributed by atoms with Crippen molar-refractivity contribution in [3.63, 3.8) is 0 Å². The van der Waals surface area contributed by atoms with Gasteiger partial charge >= 0.3 is 0 Å². The van der Waals surface area contributed by atoms with Crippen molar-refractivity contribution < 1.29 is 14.3 Å². The SMILES string of the molecule is O=C1CCN(C(=O)COC2CCNCC2)CCN1. The lowest BCUT2D eigenvalue weighted by atomic mass is 10.1. The van der Waals surface area contributed by atoms with Gasteiger partial charge in [0.2, 0.25) is 11.8 Å². The Balaban J connectivity index is 1.71. The van der Waals surface area contributed by atoms with Crippen LogP contribution in [0.1, 0.15) is 19.3 Å². The number of piperidine rings is 1. The van der Waals surface area contributed by atoms with Crippen LogP contribution in [0.15, 0.2) is 0 Å². The van der Waals surface area contributed by atoms with Crippen molar-refractivity contribution in [3.05, 3.63) is 0 Å². The minimum atomic E-state index is -0.00923. The number of rotatable bonds is 3. The van der Waals surface area contributed by atoms with Crippen molar-refractivity contribution in [2.45, 2.75) is 25.4 Å². The molecule has 0 aromatic rings. The number of nitrogens with zero attached hydrogens (tertiary/aromatic N) is 1. The summed E-state index contributed by atoms with van der Waals surface area (Å²) in [6, 6.07) is 0. The van der Waals surface area contributed by atoms with E-state index in [2.05, 4.69) is 10.6 Å². The highest BCUT2D eigenvalue weighted by atomic mass is 16.5. The van der Waals surface area contributed by atoms with Crippen LogP contribution >= 0.6 is 0 Å². The zero-order valence-corrected chi connectivity index (χ0v) is 10.6. The normalized spacial score (nSPS) is 22.4. The molecule has 2 fully saturated rings. The van der Waals surface area contributed by atoms with Crippen LogP contribution in [0.5, 0.6) is 0 Å². The second-order valence-corrected chi connectivity index (χ2v) is 4.74. The van der Waals surface area contributed by atoms with E-state index in [9.17, 15) is 9.59 Å². The first-order valence-corrected chi connectivity index (χ1v) is 6.62. The molecule has 0 unspecified atom stereocenters. The summed E-state index contributed by atoms with van der Waals surface area (Å²) >= 11 is 0. The van der Waals surface area contributed by atoms with Crippen LogP contribution < -0.4 is 10.6 Å². The number of ether oxygens (including phenoxy) is 1. The Hall–Kier alpha value is -1.14. The number of amides is 2. The van der Waals surface area contributed by atoms with Crippen LogP contribution in [0.2, 0.25) is 0 Å². The molecule has 102 valence electrons. The maximum absolute atomic E-state index is 11.9. The van der Waals surface area contributed by atoms with E-state index in [0.29, 0.717) is 26.1 Å². The zero-order valence-electron chi connectivity index (χ0n) is 10.6. The largest absolute Gasteiger partial charge is 0.368 e. The molecule has 0 spiro atoms. The third-order valence-electron chi connectivity index (χ3n) is 3.39. The van der Waals surface area contributed by atoms with E-state index < -0.39 is 0 Å². The second kappa shape index (κ2) is 6.70. The van der Waals surface area contributed by atoms with E-state index in [1.807, 2.05) is 0 Å². The lowest BCUT2D eigenvalue weighted by Gasteiger charge is -2.25. The lowest BCUT2D eigenvalue weighted by molar-refractivity contribution is -0.138. The molecule has 0 radical (unpaired) electrons. The molecule has 2 saturated heterocycles. The molecule has 6 heteroatoms. The Morgan fingerprint density at radius 2 is 2.06 bits per heavy atom. The van der Waals surface area contributed by atoms with Crippen LogP contribution in [0, 0.1) is 0 Å². The summed E-state index contributed by atoms with van der Waals surface area (Å²) in [6.45, 7) is 3.68. The number of hydrogen-bond acceptors (Lipinski definition) is 4. The smallest absolute Gasteiger partial charge is 0.248 e. The first-order valence-electron chi connectivity index (χ1n) is 6.62. The number of carbonyl (C=O) groups excluding carboxylic acids is 2. The van der Waals surface area contributed by atoms with Gasteiger partial charge in [-0.1, -0.05) is 0 Å². The van der Waals surface area contributed by atoms with Gasteiger partial charge < -0.3 is 20.3 Å². The lowest BCUT2D eigenvalue weighted by Crippen LogP contribution is -2.39. The first kappa shape index (κ1) is 13.3. The maximum Gasteiger partial charge on any atom is 0.248 e. The predicted molar refractivity (Wildman–Crippen MR) is 66.1 cm³/mol. The highest BCUT2D eigenvalue weighted by molar-refractivity contribution is 5.80. The Bertz CT molecular complexity index is 303. The summed E-state index contributed by atoms with van der Waals surface area (Å²) in [7, 11) is 0. The minimum Gasteiger partial charge on any atom is -0.368 e. The van der Waals surface area contributed by atoms with Crippen LogP contribution in [-0.4, -0.2) is 62.1 Å². The summed E-state index contributed by atoms with van der Waals surface area (Å²) in [5.74, 6) is 0.00889. The van der Waals surface area contributed by atoms with Crippen LogP contribution in [0.25, 0.3) is 0 Å². The Labute approximate surface area is 107 Å². The summed E-state index contributed by atoms with van der Waals surface area (Å²) in [5, 5.41) is 6.01. The van der Waals surface area contributed by atoms with E-state index in [0.717, 1.165) is 25.9 Å². The average molecular weight is 255 g/mol. The fourth-order valence-corrected chi connectivity index (χ4v) is 2.26. The van der Waals surface area contributed by atoms with Gasteiger partial charge in [0.25, 0.3) is 0 Å². The number of hydrogen-bond donors (Lipinski definition) is 2. The van der Waals surface area contributed by atoms with Gasteiger partial charge in [-0.25, -0.2) is 0 Å². The summed E-state index contributed by atoms with van der Waals surface area (Å²) in [6.07, 6.45) is 2.52.